The molecule has 1 unspecified atom stereocenters. The molecule has 3 N–H and O–H groups in total. The molecule has 12 nitrogen and oxygen atoms in total. The summed E-state index contributed by atoms with van der Waals surface area (Å²) >= 11 is 0. The highest BCUT2D eigenvalue weighted by molar-refractivity contribution is 6.10. The topological polar surface area (TPSA) is 141 Å². The Kier molecular flexibility index (Phi) is 6.91. The average Bonchev–Trinajstić information content (AvgIpc) is 3.61. The number of amides is 2. The van der Waals surface area contributed by atoms with E-state index < -0.39 is 17.4 Å². The van der Waals surface area contributed by atoms with Crippen LogP contribution in [0.25, 0.3) is 5.82 Å². The Labute approximate surface area is 214 Å². The predicted octanol–water partition coefficient (Wildman–Crippen LogP) is 0.506. The number of rotatable bonds is 9. The summed E-state index contributed by atoms with van der Waals surface area (Å²) in [7, 11) is 0. The second-order valence-corrected chi connectivity index (χ2v) is 9.03. The number of nitrogens with two attached hydrogens (primary N) is 1. The predicted molar refractivity (Wildman–Crippen MR) is 134 cm³/mol. The first-order valence-electron chi connectivity index (χ1n) is 12.3. The van der Waals surface area contributed by atoms with Gasteiger partial charge in [-0.25, -0.2) is 15.0 Å². The SMILES string of the molecule is CCCN1CCN(c2cc(-n3ccnc3)ncn2)CC1(C(N)=O)C(=O)NCCc1ccc2c(c1)OCO2. The summed E-state index contributed by atoms with van der Waals surface area (Å²) in [4.78, 5) is 43.3. The van der Waals surface area contributed by atoms with Crippen molar-refractivity contribution in [1.82, 2.24) is 29.7 Å². The molecule has 0 aliphatic carbocycles. The number of fused-ring (bicyclic) bond motifs is 1. The van der Waals surface area contributed by atoms with Crippen LogP contribution in [0.2, 0.25) is 0 Å². The van der Waals surface area contributed by atoms with Crippen LogP contribution >= 0.6 is 0 Å². The zero-order valence-electron chi connectivity index (χ0n) is 20.7. The number of benzene rings is 1. The van der Waals surface area contributed by atoms with Gasteiger partial charge in [0.25, 0.3) is 5.91 Å². The van der Waals surface area contributed by atoms with Gasteiger partial charge in [0.2, 0.25) is 12.7 Å². The van der Waals surface area contributed by atoms with E-state index in [0.717, 1.165) is 12.0 Å². The summed E-state index contributed by atoms with van der Waals surface area (Å²) in [6.07, 6.45) is 7.89. The van der Waals surface area contributed by atoms with Crippen LogP contribution in [-0.2, 0) is 16.0 Å². The number of carbonyl (C=O) groups excluding carboxylic acids is 2. The fourth-order valence-electron chi connectivity index (χ4n) is 4.83. The lowest BCUT2D eigenvalue weighted by atomic mass is 9.90. The molecule has 2 aromatic heterocycles. The van der Waals surface area contributed by atoms with Crippen LogP contribution < -0.4 is 25.4 Å². The number of anilines is 1. The average molecular weight is 507 g/mol. The number of primary amides is 1. The Morgan fingerprint density at radius 1 is 1.14 bits per heavy atom. The van der Waals surface area contributed by atoms with Crippen molar-refractivity contribution in [1.29, 1.82) is 0 Å². The molecule has 2 amide bonds. The summed E-state index contributed by atoms with van der Waals surface area (Å²) in [5.41, 5.74) is 5.42. The molecule has 12 heteroatoms. The van der Waals surface area contributed by atoms with Gasteiger partial charge in [0.1, 0.15) is 24.3 Å². The molecule has 194 valence electrons. The third kappa shape index (κ3) is 4.79. The summed E-state index contributed by atoms with van der Waals surface area (Å²) in [5.74, 6) is 1.54. The lowest BCUT2D eigenvalue weighted by molar-refractivity contribution is -0.145. The van der Waals surface area contributed by atoms with Gasteiger partial charge in [0.15, 0.2) is 17.0 Å². The van der Waals surface area contributed by atoms with E-state index in [4.69, 9.17) is 15.2 Å². The van der Waals surface area contributed by atoms with Crippen molar-refractivity contribution < 1.29 is 19.1 Å². The Balaban J connectivity index is 1.35. The van der Waals surface area contributed by atoms with Gasteiger partial charge in [-0.3, -0.25) is 19.1 Å². The first-order valence-corrected chi connectivity index (χ1v) is 12.3. The highest BCUT2D eigenvalue weighted by Gasteiger charge is 2.53. The van der Waals surface area contributed by atoms with Crippen molar-refractivity contribution in [3.8, 4) is 17.3 Å². The molecule has 0 radical (unpaired) electrons. The number of ether oxygens (including phenoxy) is 2. The zero-order chi connectivity index (χ0) is 25.8. The highest BCUT2D eigenvalue weighted by Crippen LogP contribution is 2.32. The number of hydrogen-bond donors (Lipinski definition) is 2. The lowest BCUT2D eigenvalue weighted by Gasteiger charge is -2.47. The van der Waals surface area contributed by atoms with E-state index >= 15 is 0 Å². The number of imidazole rings is 1. The van der Waals surface area contributed by atoms with Crippen molar-refractivity contribution in [2.24, 2.45) is 5.73 Å². The third-order valence-corrected chi connectivity index (χ3v) is 6.74. The van der Waals surface area contributed by atoms with Crippen molar-refractivity contribution in [3.05, 3.63) is 54.9 Å². The first-order chi connectivity index (χ1) is 18.0. The van der Waals surface area contributed by atoms with Gasteiger partial charge < -0.3 is 25.4 Å². The van der Waals surface area contributed by atoms with Crippen LogP contribution in [0.4, 0.5) is 5.82 Å². The number of piperazine rings is 1. The molecule has 0 saturated carbocycles. The number of aromatic nitrogens is 4. The molecule has 3 aromatic rings. The molecule has 0 bridgehead atoms. The minimum Gasteiger partial charge on any atom is -0.454 e. The maximum atomic E-state index is 13.7. The largest absolute Gasteiger partial charge is 0.454 e. The second kappa shape index (κ2) is 10.4. The molecule has 1 saturated heterocycles. The maximum Gasteiger partial charge on any atom is 0.252 e. The molecule has 37 heavy (non-hydrogen) atoms. The molecular formula is C25H30N8O4. The number of nitrogens with one attached hydrogen (secondary N) is 1. The molecule has 4 heterocycles. The molecule has 2 aliphatic heterocycles. The highest BCUT2D eigenvalue weighted by atomic mass is 16.7. The van der Waals surface area contributed by atoms with Crippen LogP contribution in [0.1, 0.15) is 18.9 Å². The minimum atomic E-state index is -1.54. The molecule has 2 aliphatic rings. The van der Waals surface area contributed by atoms with E-state index in [1.54, 1.807) is 29.4 Å². The van der Waals surface area contributed by atoms with Gasteiger partial charge in [0.05, 0.1) is 6.54 Å². The quantitative estimate of drug-likeness (QED) is 0.397. The summed E-state index contributed by atoms with van der Waals surface area (Å²) < 4.78 is 12.6. The van der Waals surface area contributed by atoms with E-state index in [0.29, 0.717) is 55.7 Å². The van der Waals surface area contributed by atoms with Gasteiger partial charge in [-0.05, 0) is 37.1 Å². The second-order valence-electron chi connectivity index (χ2n) is 9.03. The van der Waals surface area contributed by atoms with Gasteiger partial charge >= 0.3 is 0 Å². The standard InChI is InChI=1S/C25H30N8O4/c1-2-8-33-11-10-31(21-13-22(30-15-29-21)32-9-7-27-16-32)14-25(33,23(26)34)24(35)28-6-5-18-3-4-19-20(12-18)37-17-36-19/h3-4,7,9,12-13,15-16H,2,5-6,8,10-11,14,17H2,1H3,(H2,26,34)(H,28,35). The Morgan fingerprint density at radius 3 is 2.76 bits per heavy atom. The van der Waals surface area contributed by atoms with E-state index in [1.807, 2.05) is 34.9 Å². The van der Waals surface area contributed by atoms with Crippen molar-refractivity contribution in [3.63, 3.8) is 0 Å². The molecule has 1 atom stereocenters. The van der Waals surface area contributed by atoms with Gasteiger partial charge in [-0.15, -0.1) is 0 Å². The maximum absolute atomic E-state index is 13.7. The fraction of sp³-hybridized carbons (Fsp3) is 0.400. The fourth-order valence-corrected chi connectivity index (χ4v) is 4.83. The number of carbonyl (C=O) groups is 2. The Morgan fingerprint density at radius 2 is 1.97 bits per heavy atom. The summed E-state index contributed by atoms with van der Waals surface area (Å²) in [5, 5.41) is 2.96. The van der Waals surface area contributed by atoms with Crippen molar-refractivity contribution in [2.45, 2.75) is 25.3 Å². The van der Waals surface area contributed by atoms with E-state index in [1.165, 1.54) is 6.33 Å². The lowest BCUT2D eigenvalue weighted by Crippen LogP contribution is -2.74. The van der Waals surface area contributed by atoms with Gasteiger partial charge in [-0.2, -0.15) is 0 Å². The Hall–Kier alpha value is -4.19. The van der Waals surface area contributed by atoms with Crippen molar-refractivity contribution in [2.75, 3.05) is 44.4 Å². The van der Waals surface area contributed by atoms with E-state index in [-0.39, 0.29) is 13.3 Å². The van der Waals surface area contributed by atoms with Crippen LogP contribution in [-0.4, -0.2) is 81.3 Å². The van der Waals surface area contributed by atoms with Crippen LogP contribution in [0.5, 0.6) is 11.5 Å². The normalized spacial score (nSPS) is 19.1. The van der Waals surface area contributed by atoms with Crippen molar-refractivity contribution >= 4 is 17.6 Å². The monoisotopic (exact) mass is 506 g/mol. The molecule has 1 fully saturated rings. The molecule has 5 rings (SSSR count). The third-order valence-electron chi connectivity index (χ3n) is 6.74. The van der Waals surface area contributed by atoms with Crippen LogP contribution in [0.15, 0.2) is 49.3 Å². The van der Waals surface area contributed by atoms with Gasteiger partial charge in [-0.1, -0.05) is 13.0 Å². The molecule has 1 aromatic carbocycles. The number of nitrogens with zero attached hydrogens (tertiary/aromatic N) is 6. The minimum absolute atomic E-state index is 0.0819. The smallest absolute Gasteiger partial charge is 0.252 e. The van der Waals surface area contributed by atoms with Crippen LogP contribution in [0, 0.1) is 0 Å². The zero-order valence-corrected chi connectivity index (χ0v) is 20.7. The summed E-state index contributed by atoms with van der Waals surface area (Å²) in [6.45, 7) is 4.27. The first kappa shape index (κ1) is 24.5. The molecule has 0 spiro atoms. The summed E-state index contributed by atoms with van der Waals surface area (Å²) in [6, 6.07) is 7.49. The van der Waals surface area contributed by atoms with E-state index in [9.17, 15) is 9.59 Å². The number of hydrogen-bond acceptors (Lipinski definition) is 9. The van der Waals surface area contributed by atoms with Crippen LogP contribution in [0.3, 0.4) is 0 Å². The van der Waals surface area contributed by atoms with E-state index in [2.05, 4.69) is 20.3 Å². The Bertz CT molecular complexity index is 1270. The van der Waals surface area contributed by atoms with Gasteiger partial charge in [0, 0.05) is 38.1 Å². The molecular weight excluding hydrogens is 476 g/mol.